The number of imidazole rings is 1. The summed E-state index contributed by atoms with van der Waals surface area (Å²) in [7, 11) is 1.73. The highest BCUT2D eigenvalue weighted by molar-refractivity contribution is 7.99. The molecule has 4 heteroatoms. The first-order chi connectivity index (χ1) is 7.06. The lowest BCUT2D eigenvalue weighted by atomic mass is 10.4. The Labute approximate surface area is 96.2 Å². The molecule has 0 unspecified atom stereocenters. The van der Waals surface area contributed by atoms with Gasteiger partial charge in [-0.15, -0.1) is 0 Å². The lowest BCUT2D eigenvalue weighted by Crippen LogP contribution is -2.08. The molecule has 1 aromatic heterocycles. The third kappa shape index (κ3) is 3.24. The fraction of sp³-hybridized carbons (Fsp3) is 0.727. The number of ether oxygens (including phenoxy) is 1. The third-order valence-electron chi connectivity index (χ3n) is 2.28. The maximum absolute atomic E-state index is 5.11. The van der Waals surface area contributed by atoms with Gasteiger partial charge in [-0.2, -0.15) is 0 Å². The number of hydrogen-bond acceptors (Lipinski definition) is 3. The smallest absolute Gasteiger partial charge is 0.168 e. The van der Waals surface area contributed by atoms with Crippen molar-refractivity contribution in [3.63, 3.8) is 0 Å². The number of nitrogens with zero attached hydrogens (tertiary/aromatic N) is 2. The maximum atomic E-state index is 5.11. The van der Waals surface area contributed by atoms with Gasteiger partial charge in [-0.05, 0) is 13.8 Å². The molecular weight excluding hydrogens is 208 g/mol. The van der Waals surface area contributed by atoms with E-state index < -0.39 is 0 Å². The third-order valence-corrected chi connectivity index (χ3v) is 3.28. The molecule has 0 aromatic carbocycles. The van der Waals surface area contributed by atoms with E-state index >= 15 is 0 Å². The van der Waals surface area contributed by atoms with E-state index in [1.165, 1.54) is 5.69 Å². The van der Waals surface area contributed by atoms with Gasteiger partial charge in [0.15, 0.2) is 5.16 Å². The van der Waals surface area contributed by atoms with Gasteiger partial charge in [0, 0.05) is 24.6 Å². The zero-order valence-corrected chi connectivity index (χ0v) is 11.0. The van der Waals surface area contributed by atoms with E-state index in [0.29, 0.717) is 5.25 Å². The second-order valence-corrected chi connectivity index (χ2v) is 5.42. The van der Waals surface area contributed by atoms with Crippen molar-refractivity contribution in [2.45, 2.75) is 44.6 Å². The molecule has 0 aliphatic heterocycles. The maximum Gasteiger partial charge on any atom is 0.168 e. The Hall–Kier alpha value is -0.480. The van der Waals surface area contributed by atoms with Gasteiger partial charge in [-0.25, -0.2) is 4.98 Å². The number of aromatic nitrogens is 2. The Morgan fingerprint density at radius 3 is 2.60 bits per heavy atom. The standard InChI is InChI=1S/C11H20N2OS/c1-8(2)15-11-12-9(3)10(4)13(11)6-7-14-5/h8H,6-7H2,1-5H3. The second-order valence-electron chi connectivity index (χ2n) is 3.88. The number of hydrogen-bond donors (Lipinski definition) is 0. The Morgan fingerprint density at radius 1 is 1.40 bits per heavy atom. The lowest BCUT2D eigenvalue weighted by Gasteiger charge is -2.10. The van der Waals surface area contributed by atoms with Gasteiger partial charge >= 0.3 is 0 Å². The van der Waals surface area contributed by atoms with Crippen LogP contribution >= 0.6 is 11.8 Å². The van der Waals surface area contributed by atoms with Crippen LogP contribution in [0.1, 0.15) is 25.2 Å². The zero-order valence-electron chi connectivity index (χ0n) is 10.2. The van der Waals surface area contributed by atoms with Crippen molar-refractivity contribution in [2.75, 3.05) is 13.7 Å². The summed E-state index contributed by atoms with van der Waals surface area (Å²) in [5.74, 6) is 0. The van der Waals surface area contributed by atoms with Gasteiger partial charge < -0.3 is 9.30 Å². The molecule has 86 valence electrons. The highest BCUT2D eigenvalue weighted by Crippen LogP contribution is 2.24. The molecule has 3 nitrogen and oxygen atoms in total. The minimum atomic E-state index is 0.562. The van der Waals surface area contributed by atoms with Crippen LogP contribution in [0.15, 0.2) is 5.16 Å². The van der Waals surface area contributed by atoms with E-state index in [-0.39, 0.29) is 0 Å². The summed E-state index contributed by atoms with van der Waals surface area (Å²) >= 11 is 1.81. The predicted molar refractivity (Wildman–Crippen MR) is 64.6 cm³/mol. The van der Waals surface area contributed by atoms with E-state index in [9.17, 15) is 0 Å². The van der Waals surface area contributed by atoms with Crippen LogP contribution in [-0.2, 0) is 11.3 Å². The number of rotatable bonds is 5. The Bertz CT molecular complexity index is 321. The van der Waals surface area contributed by atoms with Crippen molar-refractivity contribution in [1.29, 1.82) is 0 Å². The van der Waals surface area contributed by atoms with Gasteiger partial charge in [-0.3, -0.25) is 0 Å². The molecule has 0 N–H and O–H groups in total. The molecule has 0 atom stereocenters. The summed E-state index contributed by atoms with van der Waals surface area (Å²) in [6.45, 7) is 10.2. The van der Waals surface area contributed by atoms with E-state index in [4.69, 9.17) is 4.74 Å². The van der Waals surface area contributed by atoms with E-state index in [1.54, 1.807) is 18.9 Å². The van der Waals surface area contributed by atoms with Gasteiger partial charge in [0.2, 0.25) is 0 Å². The van der Waals surface area contributed by atoms with Crippen molar-refractivity contribution in [3.05, 3.63) is 11.4 Å². The molecule has 0 amide bonds. The van der Waals surface area contributed by atoms with Crippen molar-refractivity contribution in [2.24, 2.45) is 0 Å². The highest BCUT2D eigenvalue weighted by atomic mass is 32.2. The average Bonchev–Trinajstić information content (AvgIpc) is 2.40. The summed E-state index contributed by atoms with van der Waals surface area (Å²) in [4.78, 5) is 4.57. The lowest BCUT2D eigenvalue weighted by molar-refractivity contribution is 0.184. The molecule has 0 aliphatic rings. The summed E-state index contributed by atoms with van der Waals surface area (Å²) in [5, 5.41) is 1.67. The Kier molecular flexibility index (Phi) is 4.67. The number of aryl methyl sites for hydroxylation is 1. The Morgan fingerprint density at radius 2 is 2.07 bits per heavy atom. The van der Waals surface area contributed by atoms with Crippen LogP contribution in [0.5, 0.6) is 0 Å². The van der Waals surface area contributed by atoms with Crippen molar-refractivity contribution in [1.82, 2.24) is 9.55 Å². The molecule has 1 rings (SSSR count). The van der Waals surface area contributed by atoms with Crippen molar-refractivity contribution >= 4 is 11.8 Å². The van der Waals surface area contributed by atoms with Gasteiger partial charge in [0.1, 0.15) is 0 Å². The number of thioether (sulfide) groups is 1. The first-order valence-corrected chi connectivity index (χ1v) is 6.13. The Balaban J connectivity index is 2.88. The molecule has 0 spiro atoms. The van der Waals surface area contributed by atoms with Crippen LogP contribution in [0.2, 0.25) is 0 Å². The van der Waals surface area contributed by atoms with Crippen LogP contribution in [-0.4, -0.2) is 28.5 Å². The highest BCUT2D eigenvalue weighted by Gasteiger charge is 2.12. The molecular formula is C11H20N2OS. The molecule has 0 aliphatic carbocycles. The van der Waals surface area contributed by atoms with Crippen LogP contribution in [0.3, 0.4) is 0 Å². The van der Waals surface area contributed by atoms with Gasteiger partial charge in [0.25, 0.3) is 0 Å². The fourth-order valence-corrected chi connectivity index (χ4v) is 2.34. The quantitative estimate of drug-likeness (QED) is 0.725. The first-order valence-electron chi connectivity index (χ1n) is 5.25. The molecule has 0 bridgehead atoms. The van der Waals surface area contributed by atoms with Crippen molar-refractivity contribution in [3.8, 4) is 0 Å². The summed E-state index contributed by atoms with van der Waals surface area (Å²) in [6, 6.07) is 0. The van der Waals surface area contributed by atoms with E-state index in [0.717, 1.165) is 24.0 Å². The fourth-order valence-electron chi connectivity index (χ4n) is 1.37. The van der Waals surface area contributed by atoms with Crippen LogP contribution in [0.4, 0.5) is 0 Å². The second kappa shape index (κ2) is 5.56. The SMILES string of the molecule is COCCn1c(SC(C)C)nc(C)c1C. The molecule has 0 saturated carbocycles. The van der Waals surface area contributed by atoms with Crippen LogP contribution < -0.4 is 0 Å². The summed E-state index contributed by atoms with van der Waals surface area (Å²) in [6.07, 6.45) is 0. The van der Waals surface area contributed by atoms with Crippen LogP contribution in [0, 0.1) is 13.8 Å². The predicted octanol–water partition coefficient (Wildman–Crippen LogP) is 2.65. The molecule has 1 aromatic rings. The molecule has 0 fully saturated rings. The molecule has 15 heavy (non-hydrogen) atoms. The summed E-state index contributed by atoms with van der Waals surface area (Å²) in [5.41, 5.74) is 2.37. The average molecular weight is 228 g/mol. The topological polar surface area (TPSA) is 27.1 Å². The molecule has 0 saturated heterocycles. The summed E-state index contributed by atoms with van der Waals surface area (Å²) < 4.78 is 7.35. The largest absolute Gasteiger partial charge is 0.383 e. The normalized spacial score (nSPS) is 11.3. The minimum absolute atomic E-state index is 0.562. The number of methoxy groups -OCH3 is 1. The van der Waals surface area contributed by atoms with Gasteiger partial charge in [-0.1, -0.05) is 25.6 Å². The van der Waals surface area contributed by atoms with Gasteiger partial charge in [0.05, 0.1) is 12.3 Å². The molecule has 0 radical (unpaired) electrons. The van der Waals surface area contributed by atoms with Crippen molar-refractivity contribution < 1.29 is 4.74 Å². The zero-order chi connectivity index (χ0) is 11.4. The first kappa shape index (κ1) is 12.6. The monoisotopic (exact) mass is 228 g/mol. The minimum Gasteiger partial charge on any atom is -0.383 e. The van der Waals surface area contributed by atoms with E-state index in [2.05, 4.69) is 37.2 Å². The van der Waals surface area contributed by atoms with Crippen LogP contribution in [0.25, 0.3) is 0 Å². The van der Waals surface area contributed by atoms with E-state index in [1.807, 2.05) is 0 Å². The molecule has 1 heterocycles.